The maximum absolute atomic E-state index is 13.3. The van der Waals surface area contributed by atoms with Gasteiger partial charge < -0.3 is 20.6 Å². The van der Waals surface area contributed by atoms with E-state index in [-0.39, 0.29) is 17.9 Å². The van der Waals surface area contributed by atoms with Gasteiger partial charge in [-0.05, 0) is 71.9 Å². The number of tetrazole rings is 1. The number of nitrogens with one attached hydrogen (secondary N) is 2. The Morgan fingerprint density at radius 1 is 1.07 bits per heavy atom. The Morgan fingerprint density at radius 2 is 1.81 bits per heavy atom. The Balaban J connectivity index is 1.47. The number of aromatic carboxylic acids is 1. The van der Waals surface area contributed by atoms with E-state index in [1.165, 1.54) is 47.4 Å². The fraction of sp³-hybridized carbons (Fsp3) is 0.345. The van der Waals surface area contributed by atoms with Crippen LogP contribution in [0.5, 0.6) is 0 Å². The summed E-state index contributed by atoms with van der Waals surface area (Å²) in [6.07, 6.45) is 6.09. The highest BCUT2D eigenvalue weighted by Gasteiger charge is 2.28. The number of unbranched alkanes of at least 4 members (excludes halogenated alkanes) is 1. The summed E-state index contributed by atoms with van der Waals surface area (Å²) in [7, 11) is 0. The van der Waals surface area contributed by atoms with Gasteiger partial charge in [0.15, 0.2) is 0 Å². The van der Waals surface area contributed by atoms with Crippen LogP contribution in [0.3, 0.4) is 0 Å². The number of carbonyl (C=O) groups excluding carboxylic acids is 3. The van der Waals surface area contributed by atoms with Gasteiger partial charge in [0.2, 0.25) is 17.7 Å². The van der Waals surface area contributed by atoms with E-state index in [9.17, 15) is 19.2 Å². The van der Waals surface area contributed by atoms with E-state index in [0.29, 0.717) is 35.1 Å². The van der Waals surface area contributed by atoms with Crippen molar-refractivity contribution in [1.82, 2.24) is 35.3 Å². The fourth-order valence-electron chi connectivity index (χ4n) is 4.57. The highest BCUT2D eigenvalue weighted by molar-refractivity contribution is 6.30. The van der Waals surface area contributed by atoms with Crippen molar-refractivity contribution in [2.24, 2.45) is 0 Å². The maximum atomic E-state index is 13.3. The van der Waals surface area contributed by atoms with Gasteiger partial charge in [-0.2, -0.15) is 4.68 Å². The molecule has 43 heavy (non-hydrogen) atoms. The number of amides is 3. The minimum Gasteiger partial charge on any atom is -0.478 e. The molecule has 0 unspecified atom stereocenters. The van der Waals surface area contributed by atoms with Crippen molar-refractivity contribution in [2.45, 2.75) is 32.2 Å². The highest BCUT2D eigenvalue weighted by Crippen LogP contribution is 2.20. The fourth-order valence-corrected chi connectivity index (χ4v) is 4.75. The van der Waals surface area contributed by atoms with Crippen LogP contribution in [0.25, 0.3) is 11.8 Å². The summed E-state index contributed by atoms with van der Waals surface area (Å²) in [6, 6.07) is 9.39. The second-order valence-electron chi connectivity index (χ2n) is 10.0. The van der Waals surface area contributed by atoms with Gasteiger partial charge in [-0.1, -0.05) is 24.9 Å². The van der Waals surface area contributed by atoms with E-state index in [1.807, 2.05) is 0 Å². The van der Waals surface area contributed by atoms with Crippen LogP contribution in [0.2, 0.25) is 5.02 Å². The summed E-state index contributed by atoms with van der Waals surface area (Å²) in [5.41, 5.74) is 1.51. The molecule has 1 aliphatic rings. The zero-order valence-electron chi connectivity index (χ0n) is 23.6. The Bertz CT molecular complexity index is 1450. The first-order chi connectivity index (χ1) is 20.7. The third-order valence-corrected chi connectivity index (χ3v) is 7.20. The number of hydrogen-bond donors (Lipinski definition) is 3. The van der Waals surface area contributed by atoms with E-state index < -0.39 is 23.8 Å². The van der Waals surface area contributed by atoms with Gasteiger partial charge in [-0.15, -0.1) is 5.10 Å². The number of carboxylic acids is 1. The molecule has 226 valence electrons. The first-order valence-electron chi connectivity index (χ1n) is 13.9. The lowest BCUT2D eigenvalue weighted by Crippen LogP contribution is -2.52. The molecule has 14 heteroatoms. The van der Waals surface area contributed by atoms with Crippen LogP contribution in [0.4, 0.5) is 5.69 Å². The smallest absolute Gasteiger partial charge is 0.335 e. The van der Waals surface area contributed by atoms with Crippen LogP contribution in [0, 0.1) is 0 Å². The molecule has 13 nitrogen and oxygen atoms in total. The van der Waals surface area contributed by atoms with Gasteiger partial charge in [0.1, 0.15) is 12.4 Å². The Hall–Kier alpha value is -4.62. The van der Waals surface area contributed by atoms with Crippen molar-refractivity contribution < 1.29 is 24.3 Å². The molecule has 1 fully saturated rings. The molecular weight excluding hydrogens is 576 g/mol. The molecule has 2 aromatic carbocycles. The van der Waals surface area contributed by atoms with Gasteiger partial charge in [0.25, 0.3) is 0 Å². The number of nitrogens with zero attached hydrogens (tertiary/aromatic N) is 6. The van der Waals surface area contributed by atoms with Crippen LogP contribution >= 0.6 is 11.6 Å². The first-order valence-corrected chi connectivity index (χ1v) is 14.3. The topological polar surface area (TPSA) is 163 Å². The molecule has 0 saturated carbocycles. The van der Waals surface area contributed by atoms with Crippen molar-refractivity contribution >= 4 is 47.1 Å². The van der Waals surface area contributed by atoms with Crippen LogP contribution in [-0.2, 0) is 14.4 Å². The molecule has 1 saturated heterocycles. The molecule has 3 aromatic rings. The Kier molecular flexibility index (Phi) is 10.9. The Labute approximate surface area is 253 Å². The average molecular weight is 609 g/mol. The molecule has 0 radical (unpaired) electrons. The molecule has 3 amide bonds. The van der Waals surface area contributed by atoms with E-state index in [1.54, 1.807) is 23.1 Å². The lowest BCUT2D eigenvalue weighted by molar-refractivity contribution is -0.136. The molecule has 1 aromatic heterocycles. The number of piperazine rings is 1. The zero-order valence-corrected chi connectivity index (χ0v) is 24.4. The predicted molar refractivity (Wildman–Crippen MR) is 160 cm³/mol. The van der Waals surface area contributed by atoms with Gasteiger partial charge in [0, 0.05) is 48.5 Å². The van der Waals surface area contributed by atoms with Crippen molar-refractivity contribution in [2.75, 3.05) is 38.0 Å². The predicted octanol–water partition coefficient (Wildman–Crippen LogP) is 2.49. The number of anilines is 1. The highest BCUT2D eigenvalue weighted by atomic mass is 35.5. The third kappa shape index (κ3) is 8.93. The minimum absolute atomic E-state index is 0.0586. The summed E-state index contributed by atoms with van der Waals surface area (Å²) < 4.78 is 1.42. The molecule has 3 N–H and O–H groups in total. The van der Waals surface area contributed by atoms with Gasteiger partial charge in [-0.3, -0.25) is 19.3 Å². The lowest BCUT2D eigenvalue weighted by Gasteiger charge is -2.35. The third-order valence-electron chi connectivity index (χ3n) is 6.96. The van der Waals surface area contributed by atoms with Crippen LogP contribution in [0.1, 0.15) is 42.1 Å². The Morgan fingerprint density at radius 3 is 2.47 bits per heavy atom. The van der Waals surface area contributed by atoms with Gasteiger partial charge in [0.05, 0.1) is 17.7 Å². The van der Waals surface area contributed by atoms with E-state index >= 15 is 0 Å². The van der Waals surface area contributed by atoms with Crippen LogP contribution in [0.15, 0.2) is 54.9 Å². The second-order valence-corrected chi connectivity index (χ2v) is 10.4. The maximum Gasteiger partial charge on any atom is 0.335 e. The number of halogens is 1. The first kappa shape index (κ1) is 31.3. The van der Waals surface area contributed by atoms with Gasteiger partial charge >= 0.3 is 5.97 Å². The van der Waals surface area contributed by atoms with Crippen LogP contribution in [-0.4, -0.2) is 97.6 Å². The quantitative estimate of drug-likeness (QED) is 0.262. The molecule has 1 atom stereocenters. The zero-order chi connectivity index (χ0) is 30.8. The van der Waals surface area contributed by atoms with Crippen molar-refractivity contribution in [3.8, 4) is 5.69 Å². The summed E-state index contributed by atoms with van der Waals surface area (Å²) in [4.78, 5) is 54.8. The normalized spacial score (nSPS) is 14.4. The SMILES string of the molecule is CCCCN1CCN(C(=O)C[C@H](NC(=O)/C=C/c2cc(Cl)ccc2-n2cnnn2)C(=O)Nc2ccc(C(=O)O)cc2)CC1. The standard InChI is InChI=1S/C29H33ClN8O5/c1-2-3-12-36-13-15-37(16-14-36)27(40)18-24(28(41)32-23-8-4-20(5-9-23)29(42)43)33-26(39)11-6-21-17-22(30)7-10-25(21)38-19-31-34-35-38/h4-11,17,19,24H,2-3,12-16,18H2,1H3,(H,32,41)(H,33,39)(H,42,43)/b11-6+/t24-/m0/s1. The van der Waals surface area contributed by atoms with Crippen molar-refractivity contribution in [3.05, 3.63) is 71.0 Å². The molecule has 4 rings (SSSR count). The lowest BCUT2D eigenvalue weighted by atomic mass is 10.1. The largest absolute Gasteiger partial charge is 0.478 e. The van der Waals surface area contributed by atoms with E-state index in [0.717, 1.165) is 32.5 Å². The number of carboxylic acid groups (broad SMARTS) is 1. The summed E-state index contributed by atoms with van der Waals surface area (Å²) in [5.74, 6) is -2.58. The van der Waals surface area contributed by atoms with Crippen molar-refractivity contribution in [3.63, 3.8) is 0 Å². The number of hydrogen-bond acceptors (Lipinski definition) is 8. The molecule has 0 bridgehead atoms. The monoisotopic (exact) mass is 608 g/mol. The molecule has 1 aliphatic heterocycles. The van der Waals surface area contributed by atoms with E-state index in [2.05, 4.69) is 38.0 Å². The molecule has 0 spiro atoms. The number of carbonyl (C=O) groups is 4. The van der Waals surface area contributed by atoms with E-state index in [4.69, 9.17) is 16.7 Å². The molecule has 2 heterocycles. The summed E-state index contributed by atoms with van der Waals surface area (Å²) in [6.45, 7) is 5.69. The number of benzene rings is 2. The van der Waals surface area contributed by atoms with Crippen molar-refractivity contribution in [1.29, 1.82) is 0 Å². The number of rotatable bonds is 12. The second kappa shape index (κ2) is 15.0. The number of aromatic nitrogens is 4. The van der Waals surface area contributed by atoms with Gasteiger partial charge in [-0.25, -0.2) is 4.79 Å². The summed E-state index contributed by atoms with van der Waals surface area (Å²) >= 11 is 6.16. The minimum atomic E-state index is -1.19. The average Bonchev–Trinajstić information content (AvgIpc) is 3.54. The molecular formula is C29H33ClN8O5. The summed E-state index contributed by atoms with van der Waals surface area (Å²) in [5, 5.41) is 26.0. The molecule has 0 aliphatic carbocycles. The van der Waals surface area contributed by atoms with Crippen LogP contribution < -0.4 is 10.6 Å².